The summed E-state index contributed by atoms with van der Waals surface area (Å²) >= 11 is 0. The van der Waals surface area contributed by atoms with Gasteiger partial charge in [0, 0.05) is 25.2 Å². The molecule has 0 unspecified atom stereocenters. The predicted octanol–water partition coefficient (Wildman–Crippen LogP) is 4.31. The monoisotopic (exact) mass is 493 g/mol. The zero-order valence-electron chi connectivity index (χ0n) is 21.3. The maximum absolute atomic E-state index is 13.4. The molecule has 3 N–H and O–H groups in total. The molecule has 3 aromatic rings. The van der Waals surface area contributed by atoms with Crippen molar-refractivity contribution < 1.29 is 18.7 Å². The third-order valence-electron chi connectivity index (χ3n) is 5.59. The van der Waals surface area contributed by atoms with Gasteiger partial charge in [-0.2, -0.15) is 0 Å². The Labute approximate surface area is 213 Å². The minimum absolute atomic E-state index is 0.0527. The smallest absolute Gasteiger partial charge is 0.234 e. The van der Waals surface area contributed by atoms with Gasteiger partial charge in [0.25, 0.3) is 0 Å². The van der Waals surface area contributed by atoms with Crippen molar-refractivity contribution in [3.63, 3.8) is 0 Å². The van der Waals surface area contributed by atoms with Gasteiger partial charge in [-0.15, -0.1) is 0 Å². The van der Waals surface area contributed by atoms with E-state index in [0.717, 1.165) is 23.1 Å². The van der Waals surface area contributed by atoms with E-state index in [0.29, 0.717) is 31.1 Å². The quantitative estimate of drug-likeness (QED) is 0.371. The van der Waals surface area contributed by atoms with Crippen LogP contribution < -0.4 is 20.5 Å². The first kappa shape index (κ1) is 27.2. The zero-order valence-corrected chi connectivity index (χ0v) is 21.3. The second-order valence-electron chi connectivity index (χ2n) is 9.62. The molecule has 36 heavy (non-hydrogen) atoms. The first-order chi connectivity index (χ1) is 17.2. The first-order valence-electron chi connectivity index (χ1n) is 12.1. The van der Waals surface area contributed by atoms with Crippen LogP contribution in [0.5, 0.6) is 11.5 Å². The van der Waals surface area contributed by atoms with Crippen LogP contribution in [0.4, 0.5) is 4.39 Å². The lowest BCUT2D eigenvalue weighted by atomic mass is 10.1. The average molecular weight is 494 g/mol. The third-order valence-corrected chi connectivity index (χ3v) is 5.59. The van der Waals surface area contributed by atoms with Crippen LogP contribution in [0.25, 0.3) is 0 Å². The topological polar surface area (TPSA) is 76.8 Å². The molecule has 6 nitrogen and oxygen atoms in total. The summed E-state index contributed by atoms with van der Waals surface area (Å²) in [6, 6.07) is 22.2. The highest BCUT2D eigenvalue weighted by Crippen LogP contribution is 2.29. The van der Waals surface area contributed by atoms with Crippen molar-refractivity contribution in [3.05, 3.63) is 95.3 Å². The molecular formula is C29H36FN3O3. The number of halogens is 1. The lowest BCUT2D eigenvalue weighted by Gasteiger charge is -2.24. The molecule has 0 aromatic heterocycles. The highest BCUT2D eigenvalue weighted by molar-refractivity contribution is 5.78. The first-order valence-corrected chi connectivity index (χ1v) is 12.1. The molecule has 0 saturated heterocycles. The van der Waals surface area contributed by atoms with E-state index >= 15 is 0 Å². The SMILES string of the molecule is COc1cc(CCN(CC(=O)NCC(C)(C)N)Cc2ccccc2)ccc1OCc1cccc(F)c1. The molecule has 0 heterocycles. The number of nitrogens with zero attached hydrogens (tertiary/aromatic N) is 1. The maximum atomic E-state index is 13.4. The van der Waals surface area contributed by atoms with E-state index in [-0.39, 0.29) is 24.9 Å². The zero-order chi connectivity index (χ0) is 26.0. The number of amides is 1. The third kappa shape index (κ3) is 9.32. The van der Waals surface area contributed by atoms with Gasteiger partial charge in [-0.3, -0.25) is 9.69 Å². The van der Waals surface area contributed by atoms with Gasteiger partial charge in [0.1, 0.15) is 12.4 Å². The number of rotatable bonds is 13. The number of carbonyl (C=O) groups is 1. The molecule has 3 aromatic carbocycles. The summed E-state index contributed by atoms with van der Waals surface area (Å²) in [5, 5.41) is 2.93. The van der Waals surface area contributed by atoms with Gasteiger partial charge in [-0.05, 0) is 61.2 Å². The highest BCUT2D eigenvalue weighted by Gasteiger charge is 2.16. The van der Waals surface area contributed by atoms with Crippen LogP contribution in [0.1, 0.15) is 30.5 Å². The highest BCUT2D eigenvalue weighted by atomic mass is 19.1. The number of nitrogens with two attached hydrogens (primary N) is 1. The lowest BCUT2D eigenvalue weighted by molar-refractivity contribution is -0.122. The van der Waals surface area contributed by atoms with Gasteiger partial charge in [0.05, 0.1) is 13.7 Å². The van der Waals surface area contributed by atoms with E-state index in [4.69, 9.17) is 15.2 Å². The van der Waals surface area contributed by atoms with Crippen LogP contribution in [-0.4, -0.2) is 43.1 Å². The number of methoxy groups -OCH3 is 1. The van der Waals surface area contributed by atoms with Gasteiger partial charge in [0.15, 0.2) is 11.5 Å². The van der Waals surface area contributed by atoms with Crippen molar-refractivity contribution in [2.75, 3.05) is 26.7 Å². The van der Waals surface area contributed by atoms with E-state index in [9.17, 15) is 9.18 Å². The van der Waals surface area contributed by atoms with Crippen LogP contribution in [0.3, 0.4) is 0 Å². The average Bonchev–Trinajstić information content (AvgIpc) is 2.85. The van der Waals surface area contributed by atoms with E-state index < -0.39 is 5.54 Å². The van der Waals surface area contributed by atoms with Crippen molar-refractivity contribution in [3.8, 4) is 11.5 Å². The Morgan fingerprint density at radius 1 is 0.972 bits per heavy atom. The molecule has 0 bridgehead atoms. The number of hydrogen-bond donors (Lipinski definition) is 2. The lowest BCUT2D eigenvalue weighted by Crippen LogP contribution is -2.47. The standard InChI is InChI=1S/C29H36FN3O3/c1-29(2,31)21-32-28(34)19-33(18-23-8-5-4-6-9-23)15-14-22-12-13-26(27(17-22)35-3)36-20-24-10-7-11-25(30)16-24/h4-13,16-17H,14-15,18-21,31H2,1-3H3,(H,32,34). The van der Waals surface area contributed by atoms with Crippen molar-refractivity contribution in [1.29, 1.82) is 0 Å². The van der Waals surface area contributed by atoms with E-state index in [1.165, 1.54) is 12.1 Å². The maximum Gasteiger partial charge on any atom is 0.234 e. The minimum Gasteiger partial charge on any atom is -0.493 e. The molecule has 0 radical (unpaired) electrons. The van der Waals surface area contributed by atoms with Crippen LogP contribution in [0.2, 0.25) is 0 Å². The fourth-order valence-electron chi connectivity index (χ4n) is 3.70. The van der Waals surface area contributed by atoms with Crippen LogP contribution in [-0.2, 0) is 24.4 Å². The Morgan fingerprint density at radius 3 is 2.42 bits per heavy atom. The molecule has 3 rings (SSSR count). The van der Waals surface area contributed by atoms with E-state index in [1.807, 2.05) is 56.3 Å². The van der Waals surface area contributed by atoms with E-state index in [2.05, 4.69) is 22.3 Å². The normalized spacial score (nSPS) is 11.4. The molecule has 0 aliphatic rings. The van der Waals surface area contributed by atoms with E-state index in [1.54, 1.807) is 13.2 Å². The molecule has 192 valence electrons. The van der Waals surface area contributed by atoms with Gasteiger partial charge in [0.2, 0.25) is 5.91 Å². The molecular weight excluding hydrogens is 457 g/mol. The van der Waals surface area contributed by atoms with Crippen molar-refractivity contribution >= 4 is 5.91 Å². The van der Waals surface area contributed by atoms with Gasteiger partial charge < -0.3 is 20.5 Å². The number of benzene rings is 3. The fourth-order valence-corrected chi connectivity index (χ4v) is 3.70. The largest absolute Gasteiger partial charge is 0.493 e. The molecule has 1 amide bonds. The molecule has 0 fully saturated rings. The predicted molar refractivity (Wildman–Crippen MR) is 140 cm³/mol. The van der Waals surface area contributed by atoms with Crippen molar-refractivity contribution in [1.82, 2.24) is 10.2 Å². The summed E-state index contributed by atoms with van der Waals surface area (Å²) in [6.07, 6.45) is 0.725. The van der Waals surface area contributed by atoms with Crippen LogP contribution in [0, 0.1) is 5.82 Å². The Hall–Kier alpha value is -3.42. The fraction of sp³-hybridized carbons (Fsp3) is 0.345. The summed E-state index contributed by atoms with van der Waals surface area (Å²) in [5.74, 6) is 0.860. The van der Waals surface area contributed by atoms with Gasteiger partial charge in [-0.1, -0.05) is 48.5 Å². The van der Waals surface area contributed by atoms with Crippen molar-refractivity contribution in [2.24, 2.45) is 5.73 Å². The Bertz CT molecular complexity index is 1120. The molecule has 0 spiro atoms. The number of carbonyl (C=O) groups excluding carboxylic acids is 1. The molecule has 0 aliphatic heterocycles. The summed E-state index contributed by atoms with van der Waals surface area (Å²) in [6.45, 7) is 6.04. The van der Waals surface area contributed by atoms with Crippen LogP contribution >= 0.6 is 0 Å². The summed E-state index contributed by atoms with van der Waals surface area (Å²) in [7, 11) is 1.60. The minimum atomic E-state index is -0.463. The number of hydrogen-bond acceptors (Lipinski definition) is 5. The second-order valence-corrected chi connectivity index (χ2v) is 9.62. The Morgan fingerprint density at radius 2 is 1.72 bits per heavy atom. The molecule has 0 aliphatic carbocycles. The van der Waals surface area contributed by atoms with Crippen molar-refractivity contribution in [2.45, 2.75) is 39.0 Å². The second kappa shape index (κ2) is 13.0. The van der Waals surface area contributed by atoms with Gasteiger partial charge >= 0.3 is 0 Å². The van der Waals surface area contributed by atoms with Gasteiger partial charge in [-0.25, -0.2) is 4.39 Å². The molecule has 7 heteroatoms. The molecule has 0 saturated carbocycles. The summed E-state index contributed by atoms with van der Waals surface area (Å²) in [4.78, 5) is 14.7. The summed E-state index contributed by atoms with van der Waals surface area (Å²) < 4.78 is 24.8. The Balaban J connectivity index is 1.63. The number of ether oxygens (including phenoxy) is 2. The summed E-state index contributed by atoms with van der Waals surface area (Å²) in [5.41, 5.74) is 8.49. The van der Waals surface area contributed by atoms with Crippen LogP contribution in [0.15, 0.2) is 72.8 Å². The number of nitrogens with one attached hydrogen (secondary N) is 1. The molecule has 0 atom stereocenters. The Kier molecular flexibility index (Phi) is 9.85.